The molecule has 0 amide bonds. The molecule has 1 aliphatic heterocycles. The molecule has 5 heteroatoms. The minimum absolute atomic E-state index is 0.0374. The normalized spacial score (nSPS) is 16.1. The highest BCUT2D eigenvalue weighted by molar-refractivity contribution is 6.33. The maximum atomic E-state index is 9.92. The van der Waals surface area contributed by atoms with Crippen LogP contribution in [0.3, 0.4) is 0 Å². The lowest BCUT2D eigenvalue weighted by Crippen LogP contribution is -2.42. The molecule has 0 aromatic heterocycles. The van der Waals surface area contributed by atoms with Crippen LogP contribution in [0.25, 0.3) is 5.57 Å². The first kappa shape index (κ1) is 17.8. The fourth-order valence-electron chi connectivity index (χ4n) is 3.03. The monoisotopic (exact) mass is 374 g/mol. The first-order valence-corrected chi connectivity index (χ1v) is 8.74. The Bertz CT molecular complexity index is 901. The zero-order valence-electron chi connectivity index (χ0n) is 14.6. The van der Waals surface area contributed by atoms with Crippen LogP contribution in [0.5, 0.6) is 5.75 Å². The molecule has 3 rings (SSSR count). The van der Waals surface area contributed by atoms with Crippen molar-refractivity contribution in [2.45, 2.75) is 26.3 Å². The highest BCUT2D eigenvalue weighted by Crippen LogP contribution is 2.40. The quantitative estimate of drug-likeness (QED) is 0.646. The molecule has 0 unspecified atom stereocenters. The number of aromatic hydroxyl groups is 1. The van der Waals surface area contributed by atoms with Crippen LogP contribution >= 0.6 is 23.2 Å². The van der Waals surface area contributed by atoms with Crippen LogP contribution in [0.4, 0.5) is 11.4 Å². The summed E-state index contributed by atoms with van der Waals surface area (Å²) in [6, 6.07) is 8.82. The van der Waals surface area contributed by atoms with E-state index in [0.717, 1.165) is 16.8 Å². The van der Waals surface area contributed by atoms with E-state index in [1.807, 2.05) is 12.1 Å². The third kappa shape index (κ3) is 3.39. The molecule has 0 atom stereocenters. The molecule has 3 nitrogen and oxygen atoms in total. The third-order valence-electron chi connectivity index (χ3n) is 4.62. The molecule has 25 heavy (non-hydrogen) atoms. The first-order chi connectivity index (χ1) is 11.7. The largest absolute Gasteiger partial charge is 0.506 e. The molecule has 130 valence electrons. The Labute approximate surface area is 158 Å². The maximum Gasteiger partial charge on any atom is 0.142 e. The lowest BCUT2D eigenvalue weighted by molar-refractivity contribution is 0.477. The molecule has 0 spiro atoms. The third-order valence-corrected chi connectivity index (χ3v) is 5.18. The smallest absolute Gasteiger partial charge is 0.142 e. The highest BCUT2D eigenvalue weighted by Gasteiger charge is 2.29. The number of fused-ring (bicyclic) bond motifs is 1. The molecule has 1 aliphatic rings. The molecule has 1 heterocycles. The van der Waals surface area contributed by atoms with E-state index in [1.165, 1.54) is 11.6 Å². The van der Waals surface area contributed by atoms with Gasteiger partial charge in [-0.15, -0.1) is 0 Å². The van der Waals surface area contributed by atoms with Crippen LogP contribution in [-0.4, -0.2) is 23.9 Å². The van der Waals surface area contributed by atoms with Gasteiger partial charge in [0.15, 0.2) is 0 Å². The molecule has 0 bridgehead atoms. The van der Waals surface area contributed by atoms with Crippen molar-refractivity contribution in [2.75, 3.05) is 11.9 Å². The zero-order valence-corrected chi connectivity index (χ0v) is 16.2. The van der Waals surface area contributed by atoms with Crippen molar-refractivity contribution < 1.29 is 5.11 Å². The second-order valence-electron chi connectivity index (χ2n) is 6.82. The molecule has 0 saturated heterocycles. The minimum atomic E-state index is -0.0644. The van der Waals surface area contributed by atoms with Crippen molar-refractivity contribution >= 4 is 46.4 Å². The summed E-state index contributed by atoms with van der Waals surface area (Å²) in [5, 5.41) is 11.0. The SMILES string of the molecule is CC1=CC(C)(C)N(C)c2cc(Cl)c(C=Nc3ccc(Cl)cc3O)cc21. The number of phenols is 1. The molecule has 0 fully saturated rings. The van der Waals surface area contributed by atoms with E-state index in [2.05, 4.69) is 43.8 Å². The Morgan fingerprint density at radius 3 is 2.56 bits per heavy atom. The van der Waals surface area contributed by atoms with Gasteiger partial charge in [-0.2, -0.15) is 0 Å². The molecule has 0 saturated carbocycles. The Morgan fingerprint density at radius 2 is 1.88 bits per heavy atom. The van der Waals surface area contributed by atoms with Crippen molar-refractivity contribution in [3.63, 3.8) is 0 Å². The average molecular weight is 375 g/mol. The number of rotatable bonds is 2. The van der Waals surface area contributed by atoms with Gasteiger partial charge < -0.3 is 10.0 Å². The van der Waals surface area contributed by atoms with Gasteiger partial charge in [0.25, 0.3) is 0 Å². The number of phenolic OH excluding ortho intramolecular Hbond substituents is 1. The van der Waals surface area contributed by atoms with Crippen molar-refractivity contribution in [3.05, 3.63) is 57.6 Å². The van der Waals surface area contributed by atoms with Crippen LogP contribution in [0.15, 0.2) is 41.4 Å². The second kappa shape index (κ2) is 6.40. The summed E-state index contributed by atoms with van der Waals surface area (Å²) in [7, 11) is 2.07. The van der Waals surface area contributed by atoms with E-state index >= 15 is 0 Å². The Morgan fingerprint density at radius 1 is 1.16 bits per heavy atom. The number of hydrogen-bond donors (Lipinski definition) is 1. The summed E-state index contributed by atoms with van der Waals surface area (Å²) < 4.78 is 0. The molecule has 0 aliphatic carbocycles. The molecular weight excluding hydrogens is 355 g/mol. The average Bonchev–Trinajstić information content (AvgIpc) is 2.52. The van der Waals surface area contributed by atoms with E-state index in [9.17, 15) is 5.11 Å². The summed E-state index contributed by atoms with van der Waals surface area (Å²) >= 11 is 12.3. The van der Waals surface area contributed by atoms with Crippen molar-refractivity contribution in [3.8, 4) is 5.75 Å². The lowest BCUT2D eigenvalue weighted by Gasteiger charge is -2.40. The maximum absolute atomic E-state index is 9.92. The van der Waals surface area contributed by atoms with Gasteiger partial charge in [-0.3, -0.25) is 4.99 Å². The van der Waals surface area contributed by atoms with Gasteiger partial charge in [-0.25, -0.2) is 0 Å². The summed E-state index contributed by atoms with van der Waals surface area (Å²) in [6.45, 7) is 6.45. The van der Waals surface area contributed by atoms with E-state index in [4.69, 9.17) is 23.2 Å². The predicted octanol–water partition coefficient (Wildman–Crippen LogP) is 6.08. The Hall–Kier alpha value is -1.97. The Balaban J connectivity index is 2.02. The summed E-state index contributed by atoms with van der Waals surface area (Å²) in [5.74, 6) is 0.0374. The van der Waals surface area contributed by atoms with Crippen molar-refractivity contribution in [1.29, 1.82) is 0 Å². The Kier molecular flexibility index (Phi) is 4.56. The van der Waals surface area contributed by atoms with E-state index in [0.29, 0.717) is 15.7 Å². The second-order valence-corrected chi connectivity index (χ2v) is 7.67. The van der Waals surface area contributed by atoms with Crippen LogP contribution in [-0.2, 0) is 0 Å². The van der Waals surface area contributed by atoms with Gasteiger partial charge in [0.05, 0.1) is 10.6 Å². The number of anilines is 1. The molecule has 1 N–H and O–H groups in total. The summed E-state index contributed by atoms with van der Waals surface area (Å²) in [6.07, 6.45) is 3.91. The van der Waals surface area contributed by atoms with E-state index in [1.54, 1.807) is 18.3 Å². The van der Waals surface area contributed by atoms with Crippen LogP contribution < -0.4 is 4.90 Å². The van der Waals surface area contributed by atoms with Crippen LogP contribution in [0.1, 0.15) is 31.9 Å². The van der Waals surface area contributed by atoms with Gasteiger partial charge in [0, 0.05) is 41.2 Å². The topological polar surface area (TPSA) is 35.8 Å². The van der Waals surface area contributed by atoms with E-state index in [-0.39, 0.29) is 11.3 Å². The zero-order chi connectivity index (χ0) is 18.4. The van der Waals surface area contributed by atoms with E-state index < -0.39 is 0 Å². The number of benzene rings is 2. The number of likely N-dealkylation sites (N-methyl/N-ethyl adjacent to an activating group) is 1. The number of allylic oxidation sites excluding steroid dienone is 1. The number of aliphatic imine (C=N–C) groups is 1. The molecule has 2 aromatic rings. The number of halogens is 2. The predicted molar refractivity (Wildman–Crippen MR) is 108 cm³/mol. The van der Waals surface area contributed by atoms with Gasteiger partial charge in [-0.1, -0.05) is 29.3 Å². The van der Waals surface area contributed by atoms with Gasteiger partial charge in [0.2, 0.25) is 0 Å². The molecule has 2 aromatic carbocycles. The standard InChI is InChI=1S/C20H20Cl2N2O/c1-12-10-20(2,3)24(4)18-9-16(22)13(7-15(12)18)11-23-17-6-5-14(21)8-19(17)25/h5-11,25H,1-4H3. The summed E-state index contributed by atoms with van der Waals surface area (Å²) in [5.41, 5.74) is 4.62. The first-order valence-electron chi connectivity index (χ1n) is 7.99. The van der Waals surface area contributed by atoms with Crippen LogP contribution in [0, 0.1) is 0 Å². The lowest BCUT2D eigenvalue weighted by atomic mass is 9.88. The van der Waals surface area contributed by atoms with Gasteiger partial charge in [0.1, 0.15) is 11.4 Å². The van der Waals surface area contributed by atoms with Gasteiger partial charge >= 0.3 is 0 Å². The van der Waals surface area contributed by atoms with Crippen molar-refractivity contribution in [2.24, 2.45) is 4.99 Å². The highest BCUT2D eigenvalue weighted by atomic mass is 35.5. The fourth-order valence-corrected chi connectivity index (χ4v) is 3.40. The number of hydrogen-bond acceptors (Lipinski definition) is 3. The van der Waals surface area contributed by atoms with Gasteiger partial charge in [-0.05, 0) is 50.6 Å². The van der Waals surface area contributed by atoms with Crippen LogP contribution in [0.2, 0.25) is 10.0 Å². The number of nitrogens with zero attached hydrogens (tertiary/aromatic N) is 2. The molecular formula is C20H20Cl2N2O. The summed E-state index contributed by atoms with van der Waals surface area (Å²) in [4.78, 5) is 6.56. The van der Waals surface area contributed by atoms with Crippen molar-refractivity contribution in [1.82, 2.24) is 0 Å². The fraction of sp³-hybridized carbons (Fsp3) is 0.250. The molecule has 0 radical (unpaired) electrons. The minimum Gasteiger partial charge on any atom is -0.506 e.